The molecule has 5 heteroatoms. The van der Waals surface area contributed by atoms with Crippen molar-refractivity contribution in [3.05, 3.63) is 94.8 Å². The highest BCUT2D eigenvalue weighted by Crippen LogP contribution is 2.21. The molecule has 176 valence electrons. The Morgan fingerprint density at radius 3 is 2.56 bits per heavy atom. The number of benzene rings is 3. The molecule has 4 aromatic rings. The predicted molar refractivity (Wildman–Crippen MR) is 137 cm³/mol. The van der Waals surface area contributed by atoms with Crippen molar-refractivity contribution in [2.24, 2.45) is 0 Å². The van der Waals surface area contributed by atoms with Crippen LogP contribution in [0.25, 0.3) is 11.0 Å². The fourth-order valence-corrected chi connectivity index (χ4v) is 4.21. The quantitative estimate of drug-likeness (QED) is 0.329. The minimum Gasteiger partial charge on any atom is -0.491 e. The molecule has 0 fully saturated rings. The number of nitrogens with one attached hydrogen (secondary N) is 1. The molecule has 4 rings (SSSR count). The van der Waals surface area contributed by atoms with Gasteiger partial charge in [0.2, 0.25) is 5.91 Å². The van der Waals surface area contributed by atoms with Gasteiger partial charge in [-0.1, -0.05) is 48.5 Å². The van der Waals surface area contributed by atoms with Gasteiger partial charge >= 0.3 is 0 Å². The van der Waals surface area contributed by atoms with E-state index in [0.29, 0.717) is 19.6 Å². The largest absolute Gasteiger partial charge is 0.491 e. The topological polar surface area (TPSA) is 56.2 Å². The number of para-hydroxylation sites is 2. The Labute approximate surface area is 201 Å². The second-order valence-corrected chi connectivity index (χ2v) is 8.77. The monoisotopic (exact) mass is 455 g/mol. The lowest BCUT2D eigenvalue weighted by Gasteiger charge is -2.13. The average molecular weight is 456 g/mol. The number of aromatic nitrogens is 2. The van der Waals surface area contributed by atoms with Crippen LogP contribution in [-0.2, 0) is 24.2 Å². The van der Waals surface area contributed by atoms with E-state index in [1.54, 1.807) is 0 Å². The normalized spacial score (nSPS) is 11.0. The van der Waals surface area contributed by atoms with Crippen LogP contribution in [0.4, 0.5) is 0 Å². The number of hydrogen-bond donors (Lipinski definition) is 1. The van der Waals surface area contributed by atoms with Gasteiger partial charge in [0.1, 0.15) is 18.2 Å². The number of fused-ring (bicyclic) bond motifs is 1. The van der Waals surface area contributed by atoms with Gasteiger partial charge in [-0.15, -0.1) is 0 Å². The van der Waals surface area contributed by atoms with Gasteiger partial charge in [0.25, 0.3) is 0 Å². The SMILES string of the molecule is Cc1ccccc1CC(=O)NCCCc1nc2ccccc2n1CCOc1cccc(C)c1C. The molecule has 5 nitrogen and oxygen atoms in total. The molecule has 0 aliphatic rings. The van der Waals surface area contributed by atoms with Gasteiger partial charge in [-0.3, -0.25) is 4.79 Å². The Bertz CT molecular complexity index is 1280. The third-order valence-electron chi connectivity index (χ3n) is 6.37. The summed E-state index contributed by atoms with van der Waals surface area (Å²) < 4.78 is 8.36. The van der Waals surface area contributed by atoms with Gasteiger partial charge in [0.05, 0.1) is 24.0 Å². The van der Waals surface area contributed by atoms with Crippen LogP contribution in [0, 0.1) is 20.8 Å². The first-order valence-corrected chi connectivity index (χ1v) is 12.0. The zero-order valence-electron chi connectivity index (χ0n) is 20.3. The molecule has 0 aliphatic carbocycles. The standard InChI is InChI=1S/C29H33N3O2/c1-21-11-8-15-27(23(21)3)34-19-18-32-26-14-7-6-13-25(26)31-28(32)16-9-17-30-29(33)20-24-12-5-4-10-22(24)2/h4-8,10-15H,9,16-20H2,1-3H3,(H,30,33). The minimum atomic E-state index is 0.0599. The summed E-state index contributed by atoms with van der Waals surface area (Å²) >= 11 is 0. The second kappa shape index (κ2) is 11.0. The van der Waals surface area contributed by atoms with Crippen LogP contribution in [0.15, 0.2) is 66.7 Å². The van der Waals surface area contributed by atoms with Crippen LogP contribution >= 0.6 is 0 Å². The van der Waals surface area contributed by atoms with Gasteiger partial charge in [-0.05, 0) is 67.6 Å². The third kappa shape index (κ3) is 5.66. The molecule has 1 heterocycles. The Morgan fingerprint density at radius 2 is 1.71 bits per heavy atom. The van der Waals surface area contributed by atoms with E-state index in [1.165, 1.54) is 11.1 Å². The third-order valence-corrected chi connectivity index (χ3v) is 6.37. The Kier molecular flexibility index (Phi) is 7.63. The molecule has 0 unspecified atom stereocenters. The number of aryl methyl sites for hydroxylation is 3. The zero-order chi connectivity index (χ0) is 23.9. The Balaban J connectivity index is 1.35. The number of imidazole rings is 1. The summed E-state index contributed by atoms with van der Waals surface area (Å²) in [5, 5.41) is 3.06. The summed E-state index contributed by atoms with van der Waals surface area (Å²) in [6, 6.07) is 22.4. The number of nitrogens with zero attached hydrogens (tertiary/aromatic N) is 2. The van der Waals surface area contributed by atoms with E-state index < -0.39 is 0 Å². The molecule has 1 N–H and O–H groups in total. The summed E-state index contributed by atoms with van der Waals surface area (Å²) in [6.45, 7) is 8.16. The van der Waals surface area contributed by atoms with E-state index in [-0.39, 0.29) is 5.91 Å². The van der Waals surface area contributed by atoms with Gasteiger partial charge in [0, 0.05) is 13.0 Å². The number of ether oxygens (including phenoxy) is 1. The highest BCUT2D eigenvalue weighted by molar-refractivity contribution is 5.79. The van der Waals surface area contributed by atoms with Crippen molar-refractivity contribution in [3.63, 3.8) is 0 Å². The molecule has 0 saturated carbocycles. The fraction of sp³-hybridized carbons (Fsp3) is 0.310. The van der Waals surface area contributed by atoms with Crippen molar-refractivity contribution < 1.29 is 9.53 Å². The van der Waals surface area contributed by atoms with Crippen LogP contribution in [-0.4, -0.2) is 28.6 Å². The maximum Gasteiger partial charge on any atom is 0.224 e. The number of rotatable bonds is 10. The molecular formula is C29H33N3O2. The summed E-state index contributed by atoms with van der Waals surface area (Å²) in [5.74, 6) is 2.02. The highest BCUT2D eigenvalue weighted by atomic mass is 16.5. The summed E-state index contributed by atoms with van der Waals surface area (Å²) in [4.78, 5) is 17.2. The van der Waals surface area contributed by atoms with E-state index in [2.05, 4.69) is 35.9 Å². The van der Waals surface area contributed by atoms with Crippen molar-refractivity contribution >= 4 is 16.9 Å². The van der Waals surface area contributed by atoms with E-state index >= 15 is 0 Å². The maximum absolute atomic E-state index is 12.4. The van der Waals surface area contributed by atoms with Crippen molar-refractivity contribution in [1.82, 2.24) is 14.9 Å². The first kappa shape index (κ1) is 23.6. The summed E-state index contributed by atoms with van der Waals surface area (Å²) in [5.41, 5.74) is 6.74. The lowest BCUT2D eigenvalue weighted by atomic mass is 10.1. The van der Waals surface area contributed by atoms with E-state index in [1.807, 2.05) is 61.5 Å². The van der Waals surface area contributed by atoms with Gasteiger partial charge in [0.15, 0.2) is 0 Å². The Hall–Kier alpha value is -3.60. The van der Waals surface area contributed by atoms with Crippen LogP contribution in [0.3, 0.4) is 0 Å². The zero-order valence-corrected chi connectivity index (χ0v) is 20.3. The molecule has 0 atom stereocenters. The van der Waals surface area contributed by atoms with Gasteiger partial charge in [-0.25, -0.2) is 4.98 Å². The van der Waals surface area contributed by atoms with E-state index in [9.17, 15) is 4.79 Å². The van der Waals surface area contributed by atoms with Crippen LogP contribution in [0.2, 0.25) is 0 Å². The summed E-state index contributed by atoms with van der Waals surface area (Å²) in [7, 11) is 0. The summed E-state index contributed by atoms with van der Waals surface area (Å²) in [6.07, 6.45) is 2.05. The first-order chi connectivity index (χ1) is 16.5. The fourth-order valence-electron chi connectivity index (χ4n) is 4.21. The lowest BCUT2D eigenvalue weighted by molar-refractivity contribution is -0.120. The van der Waals surface area contributed by atoms with Gasteiger partial charge in [-0.2, -0.15) is 0 Å². The highest BCUT2D eigenvalue weighted by Gasteiger charge is 2.12. The second-order valence-electron chi connectivity index (χ2n) is 8.77. The van der Waals surface area contributed by atoms with E-state index in [4.69, 9.17) is 9.72 Å². The lowest BCUT2D eigenvalue weighted by Crippen LogP contribution is -2.26. The Morgan fingerprint density at radius 1 is 0.941 bits per heavy atom. The molecule has 3 aromatic carbocycles. The molecule has 0 aliphatic heterocycles. The van der Waals surface area contributed by atoms with Crippen LogP contribution < -0.4 is 10.1 Å². The van der Waals surface area contributed by atoms with Crippen LogP contribution in [0.1, 0.15) is 34.5 Å². The molecule has 0 saturated heterocycles. The number of hydrogen-bond acceptors (Lipinski definition) is 3. The van der Waals surface area contributed by atoms with Crippen molar-refractivity contribution in [2.45, 2.75) is 46.6 Å². The smallest absolute Gasteiger partial charge is 0.224 e. The van der Waals surface area contributed by atoms with E-state index in [0.717, 1.165) is 53.1 Å². The predicted octanol–water partition coefficient (Wildman–Crippen LogP) is 5.33. The van der Waals surface area contributed by atoms with Crippen molar-refractivity contribution in [2.75, 3.05) is 13.2 Å². The average Bonchev–Trinajstić information content (AvgIpc) is 3.18. The molecule has 1 aromatic heterocycles. The minimum absolute atomic E-state index is 0.0599. The van der Waals surface area contributed by atoms with Gasteiger partial charge < -0.3 is 14.6 Å². The number of amides is 1. The van der Waals surface area contributed by atoms with Crippen molar-refractivity contribution in [3.8, 4) is 5.75 Å². The first-order valence-electron chi connectivity index (χ1n) is 12.0. The molecule has 1 amide bonds. The van der Waals surface area contributed by atoms with Crippen molar-refractivity contribution in [1.29, 1.82) is 0 Å². The number of carbonyl (C=O) groups excluding carboxylic acids is 1. The molecule has 0 bridgehead atoms. The molecule has 0 radical (unpaired) electrons. The maximum atomic E-state index is 12.4. The molecule has 34 heavy (non-hydrogen) atoms. The molecular weight excluding hydrogens is 422 g/mol. The number of carbonyl (C=O) groups is 1. The molecule has 0 spiro atoms. The van der Waals surface area contributed by atoms with Crippen LogP contribution in [0.5, 0.6) is 5.75 Å².